The Morgan fingerprint density at radius 3 is 2.38 bits per heavy atom. The zero-order valence-corrected chi connectivity index (χ0v) is 22.1. The fourth-order valence-corrected chi connectivity index (χ4v) is 8.85. The highest BCUT2D eigenvalue weighted by molar-refractivity contribution is 5.66. The second-order valence-corrected chi connectivity index (χ2v) is 13.3. The molecule has 0 aliphatic heterocycles. The van der Waals surface area contributed by atoms with E-state index in [0.717, 1.165) is 48.3 Å². The molecule has 2 heteroatoms. The van der Waals surface area contributed by atoms with Crippen molar-refractivity contribution in [1.29, 1.82) is 0 Å². The second-order valence-electron chi connectivity index (χ2n) is 13.3. The summed E-state index contributed by atoms with van der Waals surface area (Å²) in [6, 6.07) is 0. The van der Waals surface area contributed by atoms with Crippen molar-refractivity contribution in [3.05, 3.63) is 11.6 Å². The van der Waals surface area contributed by atoms with Crippen molar-refractivity contribution in [3.8, 4) is 0 Å². The van der Waals surface area contributed by atoms with E-state index in [1.165, 1.54) is 51.4 Å². The van der Waals surface area contributed by atoms with Crippen LogP contribution in [0, 0.1) is 52.3 Å². The average Bonchev–Trinajstić information content (AvgIpc) is 3.08. The van der Waals surface area contributed by atoms with Crippen molar-refractivity contribution in [2.75, 3.05) is 0 Å². The van der Waals surface area contributed by atoms with Gasteiger partial charge in [-0.15, -0.1) is 0 Å². The van der Waals surface area contributed by atoms with E-state index >= 15 is 0 Å². The average molecular weight is 443 g/mol. The molecule has 4 rings (SSSR count). The minimum absolute atomic E-state index is 0.104. The van der Waals surface area contributed by atoms with Crippen LogP contribution in [0.4, 0.5) is 0 Å². The van der Waals surface area contributed by atoms with Crippen LogP contribution in [-0.2, 0) is 9.53 Å². The van der Waals surface area contributed by atoms with Crippen LogP contribution < -0.4 is 0 Å². The number of fused-ring (bicyclic) bond motifs is 5. The second kappa shape index (κ2) is 9.10. The van der Waals surface area contributed by atoms with Crippen molar-refractivity contribution < 1.29 is 9.53 Å². The lowest BCUT2D eigenvalue weighted by Gasteiger charge is -2.58. The molecule has 0 spiro atoms. The molecule has 3 saturated carbocycles. The van der Waals surface area contributed by atoms with Gasteiger partial charge in [0, 0.05) is 6.92 Å². The summed E-state index contributed by atoms with van der Waals surface area (Å²) in [4.78, 5) is 11.5. The third-order valence-electron chi connectivity index (χ3n) is 11.3. The maximum Gasteiger partial charge on any atom is 0.302 e. The largest absolute Gasteiger partial charge is 0.463 e. The Morgan fingerprint density at radius 1 is 1.00 bits per heavy atom. The molecule has 0 aromatic carbocycles. The Bertz CT molecular complexity index is 722. The monoisotopic (exact) mass is 442 g/mol. The zero-order valence-electron chi connectivity index (χ0n) is 22.1. The summed E-state index contributed by atoms with van der Waals surface area (Å²) in [5.41, 5.74) is 2.79. The molecule has 32 heavy (non-hydrogen) atoms. The predicted molar refractivity (Wildman–Crippen MR) is 133 cm³/mol. The smallest absolute Gasteiger partial charge is 0.302 e. The first-order valence-corrected chi connectivity index (χ1v) is 13.9. The number of carbonyl (C=O) groups is 1. The first-order chi connectivity index (χ1) is 15.1. The van der Waals surface area contributed by atoms with Crippen LogP contribution in [0.25, 0.3) is 0 Å². The molecule has 0 bridgehead atoms. The van der Waals surface area contributed by atoms with Crippen LogP contribution in [0.15, 0.2) is 11.6 Å². The molecule has 0 amide bonds. The van der Waals surface area contributed by atoms with E-state index in [1.807, 2.05) is 5.57 Å². The predicted octanol–water partition coefficient (Wildman–Crippen LogP) is 8.21. The third kappa shape index (κ3) is 4.22. The van der Waals surface area contributed by atoms with Gasteiger partial charge in [-0.05, 0) is 104 Å². The van der Waals surface area contributed by atoms with E-state index in [9.17, 15) is 4.79 Å². The number of rotatable bonds is 6. The molecule has 3 fully saturated rings. The summed E-state index contributed by atoms with van der Waals surface area (Å²) in [7, 11) is 0. The number of hydrogen-bond donors (Lipinski definition) is 0. The zero-order chi connectivity index (χ0) is 23.3. The molecular formula is C30H50O2. The summed E-state index contributed by atoms with van der Waals surface area (Å²) in [5.74, 6) is 5.58. The maximum absolute atomic E-state index is 11.5. The minimum Gasteiger partial charge on any atom is -0.463 e. The summed E-state index contributed by atoms with van der Waals surface area (Å²) >= 11 is 0. The fourth-order valence-electron chi connectivity index (χ4n) is 8.85. The number of ether oxygens (including phenoxy) is 1. The first-order valence-electron chi connectivity index (χ1n) is 13.9. The Hall–Kier alpha value is -0.790. The van der Waals surface area contributed by atoms with Gasteiger partial charge in [-0.1, -0.05) is 66.0 Å². The lowest BCUT2D eigenvalue weighted by atomic mass is 9.47. The SMILES string of the molecule is CC(=O)O[C@@H]1CC[C@@]2(C)[C@@H](CC=C3[C@H]2CC[C@@]2(C)[C@@H]([C@H](C)CC[C@H](C)C(C)C)CC[C@@H]32)C1. The molecular weight excluding hydrogens is 392 g/mol. The summed E-state index contributed by atoms with van der Waals surface area (Å²) in [5, 5.41) is 0. The maximum atomic E-state index is 11.5. The van der Waals surface area contributed by atoms with E-state index in [-0.39, 0.29) is 12.1 Å². The van der Waals surface area contributed by atoms with Crippen molar-refractivity contribution in [1.82, 2.24) is 0 Å². The van der Waals surface area contributed by atoms with E-state index in [2.05, 4.69) is 47.6 Å². The molecule has 0 unspecified atom stereocenters. The highest BCUT2D eigenvalue weighted by atomic mass is 16.5. The Kier molecular flexibility index (Phi) is 6.92. The van der Waals surface area contributed by atoms with Crippen molar-refractivity contribution in [3.63, 3.8) is 0 Å². The van der Waals surface area contributed by atoms with Gasteiger partial charge in [-0.25, -0.2) is 0 Å². The van der Waals surface area contributed by atoms with Crippen molar-refractivity contribution >= 4 is 5.97 Å². The Labute approximate surface area is 198 Å². The van der Waals surface area contributed by atoms with Crippen LogP contribution in [0.1, 0.15) is 113 Å². The molecule has 182 valence electrons. The first kappa shape index (κ1) is 24.3. The molecule has 0 radical (unpaired) electrons. The molecule has 0 saturated heterocycles. The quantitative estimate of drug-likeness (QED) is 0.306. The summed E-state index contributed by atoms with van der Waals surface area (Å²) in [6.45, 7) is 16.6. The molecule has 4 aliphatic rings. The standard InChI is InChI=1S/C30H50O2/c1-19(2)20(3)8-9-21(4)26-12-13-27-25-11-10-23-18-24(32-22(5)31)14-16-29(23,6)28(25)15-17-30(26,27)7/h11,19-21,23-24,26-28H,8-10,12-18H2,1-7H3/t20-,21+,23-,24+,26+,27-,28+,29-,30-/m0/s1. The van der Waals surface area contributed by atoms with Gasteiger partial charge in [0.25, 0.3) is 0 Å². The van der Waals surface area contributed by atoms with Gasteiger partial charge < -0.3 is 4.74 Å². The highest BCUT2D eigenvalue weighted by Gasteiger charge is 2.58. The van der Waals surface area contributed by atoms with E-state index in [4.69, 9.17) is 4.74 Å². The van der Waals surface area contributed by atoms with Gasteiger partial charge in [-0.3, -0.25) is 4.79 Å². The minimum atomic E-state index is -0.104. The number of allylic oxidation sites excluding steroid dienone is 2. The van der Waals surface area contributed by atoms with Gasteiger partial charge in [0.1, 0.15) is 6.10 Å². The normalized spacial score (nSPS) is 43.0. The van der Waals surface area contributed by atoms with Gasteiger partial charge in [-0.2, -0.15) is 0 Å². The molecule has 0 N–H and O–H groups in total. The van der Waals surface area contributed by atoms with Gasteiger partial charge in [0.15, 0.2) is 0 Å². The van der Waals surface area contributed by atoms with Crippen molar-refractivity contribution in [2.24, 2.45) is 52.3 Å². The molecule has 4 aliphatic carbocycles. The van der Waals surface area contributed by atoms with E-state index < -0.39 is 0 Å². The fraction of sp³-hybridized carbons (Fsp3) is 0.900. The summed E-state index contributed by atoms with van der Waals surface area (Å²) < 4.78 is 5.64. The number of esters is 1. The molecule has 0 aromatic rings. The third-order valence-corrected chi connectivity index (χ3v) is 11.3. The Balaban J connectivity index is 1.47. The molecule has 2 nitrogen and oxygen atoms in total. The molecule has 0 heterocycles. The van der Waals surface area contributed by atoms with Gasteiger partial charge >= 0.3 is 5.97 Å². The molecule has 0 aromatic heterocycles. The van der Waals surface area contributed by atoms with E-state index in [1.54, 1.807) is 6.92 Å². The Morgan fingerprint density at radius 2 is 1.69 bits per heavy atom. The van der Waals surface area contributed by atoms with Crippen LogP contribution in [-0.4, -0.2) is 12.1 Å². The topological polar surface area (TPSA) is 26.3 Å². The van der Waals surface area contributed by atoms with Crippen LogP contribution >= 0.6 is 0 Å². The molecule has 9 atom stereocenters. The van der Waals surface area contributed by atoms with Crippen LogP contribution in [0.3, 0.4) is 0 Å². The van der Waals surface area contributed by atoms with Crippen LogP contribution in [0.2, 0.25) is 0 Å². The van der Waals surface area contributed by atoms with Gasteiger partial charge in [0.05, 0.1) is 0 Å². The van der Waals surface area contributed by atoms with Gasteiger partial charge in [0.2, 0.25) is 0 Å². The number of carbonyl (C=O) groups excluding carboxylic acids is 1. The lowest BCUT2D eigenvalue weighted by molar-refractivity contribution is -0.152. The van der Waals surface area contributed by atoms with Crippen molar-refractivity contribution in [2.45, 2.75) is 119 Å². The van der Waals surface area contributed by atoms with Crippen LogP contribution in [0.5, 0.6) is 0 Å². The lowest BCUT2D eigenvalue weighted by Crippen LogP contribution is -2.50. The summed E-state index contributed by atoms with van der Waals surface area (Å²) in [6.07, 6.45) is 15.9. The highest BCUT2D eigenvalue weighted by Crippen LogP contribution is 2.67. The van der Waals surface area contributed by atoms with E-state index in [0.29, 0.717) is 16.7 Å². The number of hydrogen-bond acceptors (Lipinski definition) is 2.